The summed E-state index contributed by atoms with van der Waals surface area (Å²) < 4.78 is 0. The van der Waals surface area contributed by atoms with Crippen molar-refractivity contribution >= 4 is 11.4 Å². The van der Waals surface area contributed by atoms with Crippen LogP contribution in [0.4, 0.5) is 11.4 Å². The molecule has 7 rings (SSSR count). The Kier molecular flexibility index (Phi) is 8.59. The Labute approximate surface area is 263 Å². The van der Waals surface area contributed by atoms with Crippen molar-refractivity contribution in [2.45, 2.75) is 64.2 Å². The summed E-state index contributed by atoms with van der Waals surface area (Å²) in [6.07, 6.45) is 39.3. The molecule has 0 aliphatic heterocycles. The van der Waals surface area contributed by atoms with Crippen LogP contribution in [0.2, 0.25) is 0 Å². The van der Waals surface area contributed by atoms with Crippen LogP contribution >= 0.6 is 0 Å². The predicted octanol–water partition coefficient (Wildman–Crippen LogP) is 11.3. The number of hydrogen-bond donors (Lipinski definition) is 0. The summed E-state index contributed by atoms with van der Waals surface area (Å²) in [5.74, 6) is 0. The summed E-state index contributed by atoms with van der Waals surface area (Å²) in [4.78, 5) is 4.90. The molecule has 5 aliphatic rings. The maximum atomic E-state index is 2.45. The molecule has 0 saturated carbocycles. The second-order valence-electron chi connectivity index (χ2n) is 12.1. The second kappa shape index (κ2) is 13.4. The van der Waals surface area contributed by atoms with Crippen LogP contribution in [0.25, 0.3) is 0 Å². The molecule has 0 aromatic heterocycles. The molecule has 2 heteroatoms. The van der Waals surface area contributed by atoms with Crippen molar-refractivity contribution < 1.29 is 0 Å². The lowest BCUT2D eigenvalue weighted by Crippen LogP contribution is -2.23. The van der Waals surface area contributed by atoms with Gasteiger partial charge in [0, 0.05) is 34.2 Å². The Morgan fingerprint density at radius 3 is 1.09 bits per heavy atom. The maximum Gasteiger partial charge on any atom is 0.0458 e. The molecule has 5 aliphatic carbocycles. The highest BCUT2D eigenvalue weighted by Crippen LogP contribution is 2.39. The van der Waals surface area contributed by atoms with E-state index in [9.17, 15) is 0 Å². The van der Waals surface area contributed by atoms with E-state index in [1.165, 1.54) is 56.5 Å². The Balaban J connectivity index is 1.09. The number of para-hydroxylation sites is 2. The average molecular weight is 575 g/mol. The Morgan fingerprint density at radius 2 is 0.773 bits per heavy atom. The standard InChI is InChI=1S/C42H42N2/c1-5-13-37(14-6-1)43(38-15-7-2-8-16-38)41-29-25-35(26-30-41)33-21-23-34(24-22-33)36-27-31-42(32-28-36)44(39-17-9-3-10-18-39)40-19-11-4-12-20-40/h1,3,5-7,9-11,13-21,23,25,27,29,31H,2,4,8,12,22,24,26,28,30,32H2. The van der Waals surface area contributed by atoms with Crippen LogP contribution in [-0.4, -0.2) is 0 Å². The normalized spacial score (nSPS) is 19.8. The van der Waals surface area contributed by atoms with Gasteiger partial charge in [0.1, 0.15) is 0 Å². The fraction of sp³-hybridized carbons (Fsp3) is 0.238. The van der Waals surface area contributed by atoms with Crippen LogP contribution in [0.15, 0.2) is 179 Å². The van der Waals surface area contributed by atoms with Crippen molar-refractivity contribution in [1.82, 2.24) is 0 Å². The molecule has 220 valence electrons. The van der Waals surface area contributed by atoms with Crippen molar-refractivity contribution in [3.63, 3.8) is 0 Å². The van der Waals surface area contributed by atoms with E-state index < -0.39 is 0 Å². The van der Waals surface area contributed by atoms with Crippen molar-refractivity contribution in [2.75, 3.05) is 9.80 Å². The van der Waals surface area contributed by atoms with E-state index in [0.29, 0.717) is 0 Å². The lowest BCUT2D eigenvalue weighted by Gasteiger charge is -2.32. The molecule has 0 unspecified atom stereocenters. The number of hydrogen-bond acceptors (Lipinski definition) is 2. The third kappa shape index (κ3) is 6.21. The van der Waals surface area contributed by atoms with Gasteiger partial charge < -0.3 is 9.80 Å². The van der Waals surface area contributed by atoms with Crippen LogP contribution in [0.3, 0.4) is 0 Å². The van der Waals surface area contributed by atoms with Gasteiger partial charge >= 0.3 is 0 Å². The van der Waals surface area contributed by atoms with Gasteiger partial charge in [0.25, 0.3) is 0 Å². The highest BCUT2D eigenvalue weighted by atomic mass is 15.2. The SMILES string of the molecule is C1=CC(N(C2=CC=C(C3=CC=C(C4=CC=C(N(C5=CCCC=C5)c5ccccc5)CC4)CC3)CC2)c2ccccc2)=CCC1. The van der Waals surface area contributed by atoms with Crippen LogP contribution in [0.1, 0.15) is 64.2 Å². The minimum absolute atomic E-state index is 1.06. The molecular weight excluding hydrogens is 532 g/mol. The highest BCUT2D eigenvalue weighted by molar-refractivity contribution is 5.64. The van der Waals surface area contributed by atoms with Crippen LogP contribution in [0, 0.1) is 0 Å². The van der Waals surface area contributed by atoms with E-state index >= 15 is 0 Å². The highest BCUT2D eigenvalue weighted by Gasteiger charge is 2.23. The monoisotopic (exact) mass is 574 g/mol. The van der Waals surface area contributed by atoms with Gasteiger partial charge in [-0.3, -0.25) is 0 Å². The van der Waals surface area contributed by atoms with Crippen LogP contribution in [-0.2, 0) is 0 Å². The molecule has 0 atom stereocenters. The first-order chi connectivity index (χ1) is 21.8. The number of anilines is 2. The number of allylic oxidation sites excluding steroid dienone is 18. The van der Waals surface area contributed by atoms with Gasteiger partial charge in [-0.25, -0.2) is 0 Å². The van der Waals surface area contributed by atoms with Gasteiger partial charge in [0.2, 0.25) is 0 Å². The molecule has 2 nitrogen and oxygen atoms in total. The molecule has 0 N–H and O–H groups in total. The largest absolute Gasteiger partial charge is 0.315 e. The summed E-state index contributed by atoms with van der Waals surface area (Å²) in [6.45, 7) is 0. The van der Waals surface area contributed by atoms with E-state index in [0.717, 1.165) is 64.2 Å². The van der Waals surface area contributed by atoms with Gasteiger partial charge in [0.05, 0.1) is 0 Å². The molecule has 0 bridgehead atoms. The fourth-order valence-electron chi connectivity index (χ4n) is 6.98. The topological polar surface area (TPSA) is 6.48 Å². The third-order valence-corrected chi connectivity index (χ3v) is 9.30. The van der Waals surface area contributed by atoms with Gasteiger partial charge in [-0.1, -0.05) is 85.0 Å². The van der Waals surface area contributed by atoms with Gasteiger partial charge in [0.15, 0.2) is 0 Å². The molecule has 0 fully saturated rings. The average Bonchev–Trinajstić information content (AvgIpc) is 3.11. The molecule has 0 radical (unpaired) electrons. The number of rotatable bonds is 8. The molecule has 2 aromatic carbocycles. The zero-order valence-electron chi connectivity index (χ0n) is 25.7. The number of nitrogens with zero attached hydrogens (tertiary/aromatic N) is 2. The first-order valence-electron chi connectivity index (χ1n) is 16.5. The van der Waals surface area contributed by atoms with Gasteiger partial charge in [-0.2, -0.15) is 0 Å². The van der Waals surface area contributed by atoms with Crippen LogP contribution in [0.5, 0.6) is 0 Å². The first kappa shape index (κ1) is 28.2. The Bertz CT molecular complexity index is 1550. The van der Waals surface area contributed by atoms with Crippen molar-refractivity contribution in [3.8, 4) is 0 Å². The summed E-state index contributed by atoms with van der Waals surface area (Å²) in [5, 5.41) is 0. The summed E-state index contributed by atoms with van der Waals surface area (Å²) in [7, 11) is 0. The predicted molar refractivity (Wildman–Crippen MR) is 187 cm³/mol. The minimum Gasteiger partial charge on any atom is -0.315 e. The van der Waals surface area contributed by atoms with Gasteiger partial charge in [-0.05, 0) is 135 Å². The molecule has 2 aromatic rings. The summed E-state index contributed by atoms with van der Waals surface area (Å²) in [5.41, 5.74) is 13.9. The van der Waals surface area contributed by atoms with E-state index in [4.69, 9.17) is 0 Å². The minimum atomic E-state index is 1.06. The van der Waals surface area contributed by atoms with E-state index in [1.54, 1.807) is 0 Å². The quantitative estimate of drug-likeness (QED) is 0.309. The zero-order valence-corrected chi connectivity index (χ0v) is 25.7. The fourth-order valence-corrected chi connectivity index (χ4v) is 6.98. The molecule has 0 heterocycles. The summed E-state index contributed by atoms with van der Waals surface area (Å²) >= 11 is 0. The molecule has 0 saturated heterocycles. The lowest BCUT2D eigenvalue weighted by molar-refractivity contribution is 0.810. The molecular formula is C42H42N2. The molecule has 0 amide bonds. The van der Waals surface area contributed by atoms with Crippen LogP contribution < -0.4 is 9.80 Å². The van der Waals surface area contributed by atoms with Crippen molar-refractivity contribution in [3.05, 3.63) is 179 Å². The van der Waals surface area contributed by atoms with E-state index in [1.807, 2.05) is 0 Å². The van der Waals surface area contributed by atoms with Crippen molar-refractivity contribution in [1.29, 1.82) is 0 Å². The molecule has 0 spiro atoms. The zero-order chi connectivity index (χ0) is 29.6. The lowest BCUT2D eigenvalue weighted by atomic mass is 9.84. The van der Waals surface area contributed by atoms with Crippen molar-refractivity contribution in [2.24, 2.45) is 0 Å². The Morgan fingerprint density at radius 1 is 0.386 bits per heavy atom. The Hall–Kier alpha value is -4.56. The van der Waals surface area contributed by atoms with E-state index in [2.05, 4.69) is 143 Å². The van der Waals surface area contributed by atoms with Gasteiger partial charge in [-0.15, -0.1) is 0 Å². The maximum absolute atomic E-state index is 2.45. The first-order valence-corrected chi connectivity index (χ1v) is 16.5. The third-order valence-electron chi connectivity index (χ3n) is 9.30. The smallest absolute Gasteiger partial charge is 0.0458 e. The molecule has 44 heavy (non-hydrogen) atoms. The second-order valence-corrected chi connectivity index (χ2v) is 12.1. The van der Waals surface area contributed by atoms with E-state index in [-0.39, 0.29) is 0 Å². The number of benzene rings is 2. The summed E-state index contributed by atoms with van der Waals surface area (Å²) in [6, 6.07) is 21.6.